The molecule has 368 valence electrons. The van der Waals surface area contributed by atoms with E-state index in [-0.39, 0.29) is 0 Å². The Balaban J connectivity index is 0.000000119. The number of aromatic amines is 3. The van der Waals surface area contributed by atoms with Gasteiger partial charge in [-0.05, 0) is 55.0 Å². The van der Waals surface area contributed by atoms with E-state index < -0.39 is 0 Å². The van der Waals surface area contributed by atoms with Gasteiger partial charge in [-0.1, -0.05) is 104 Å². The summed E-state index contributed by atoms with van der Waals surface area (Å²) >= 11 is 0. The maximum atomic E-state index is 5.88. The van der Waals surface area contributed by atoms with Gasteiger partial charge in [0.15, 0.2) is 0 Å². The van der Waals surface area contributed by atoms with Gasteiger partial charge in [0.2, 0.25) is 0 Å². The Morgan fingerprint density at radius 1 is 0.466 bits per heavy atom. The van der Waals surface area contributed by atoms with Gasteiger partial charge in [-0.2, -0.15) is 0 Å². The number of hydrogen-bond donors (Lipinski definition) is 4. The lowest BCUT2D eigenvalue weighted by Crippen LogP contribution is -2.33. The van der Waals surface area contributed by atoms with Crippen LogP contribution in [0.1, 0.15) is 13.3 Å². The number of anilines is 3. The smallest absolute Gasteiger partial charge is 0.143 e. The first-order chi connectivity index (χ1) is 36.1. The molecule has 0 radical (unpaired) electrons. The lowest BCUT2D eigenvalue weighted by atomic mass is 10.1. The van der Waals surface area contributed by atoms with E-state index in [4.69, 9.17) is 14.2 Å². The first kappa shape index (κ1) is 47.5. The number of ether oxygens (including phenoxy) is 5. The van der Waals surface area contributed by atoms with Crippen LogP contribution in [0.2, 0.25) is 0 Å². The van der Waals surface area contributed by atoms with Crippen molar-refractivity contribution >= 4 is 17.1 Å². The van der Waals surface area contributed by atoms with Crippen molar-refractivity contribution in [1.29, 1.82) is 0 Å². The van der Waals surface area contributed by atoms with E-state index in [1.54, 1.807) is 0 Å². The van der Waals surface area contributed by atoms with Gasteiger partial charge in [-0.3, -0.25) is 0 Å². The molecular weight excluding hydrogens is 915 g/mol. The highest BCUT2D eigenvalue weighted by Gasteiger charge is 2.20. The number of nitrogens with one attached hydrogen (secondary N) is 4. The number of nitrogens with zero attached hydrogens (tertiary/aromatic N) is 5. The summed E-state index contributed by atoms with van der Waals surface area (Å²) in [7, 11) is 2.09. The van der Waals surface area contributed by atoms with Crippen LogP contribution in [0.3, 0.4) is 0 Å². The van der Waals surface area contributed by atoms with Crippen LogP contribution < -0.4 is 29.3 Å². The Morgan fingerprint density at radius 2 is 0.945 bits per heavy atom. The summed E-state index contributed by atoms with van der Waals surface area (Å²) in [5.41, 5.74) is 13.0. The van der Waals surface area contributed by atoms with Crippen molar-refractivity contribution in [3.8, 4) is 85.2 Å². The molecule has 0 amide bonds. The standard InChI is InChI=1S/C20H21N3O.C18H17N3O.C17H15N3O.C4H4O2/c1-2-10-23-11-12-24-19-13-16(8-9-18(19)23)17-14-21-20(22-17)15-6-4-3-5-7-15;1-21-9-10-22-17-8-7-14(11-16(17)21)15-12-19-18(20-15)13-5-3-2-4-6-13;1-2-4-12(5-3-1)17-19-11-15(20-17)13-6-7-16-14(10-13)18-8-9-21-16;1-2-6-4-3-5-1/h3-9,13-14H,2,10-12H2,1H3,(H,21,22);2-8,11-12H,9-10H2,1H3,(H,19,20);1-7,10-11,18H,8-9H2,(H,19,20);1-4H. The minimum Gasteiger partial charge on any atom is -0.490 e. The highest BCUT2D eigenvalue weighted by atomic mass is 16.5. The third kappa shape index (κ3) is 11.7. The monoisotopic (exact) mass is 971 g/mol. The lowest BCUT2D eigenvalue weighted by Gasteiger charge is -2.31. The third-order valence-corrected chi connectivity index (χ3v) is 12.3. The molecule has 3 aromatic heterocycles. The van der Waals surface area contributed by atoms with Crippen LogP contribution in [0.4, 0.5) is 17.1 Å². The summed E-state index contributed by atoms with van der Waals surface area (Å²) in [6.07, 6.45) is 12.6. The first-order valence-electron chi connectivity index (χ1n) is 24.5. The number of fused-ring (bicyclic) bond motifs is 3. The van der Waals surface area contributed by atoms with Crippen molar-refractivity contribution in [3.05, 3.63) is 189 Å². The molecule has 73 heavy (non-hydrogen) atoms. The number of benzene rings is 6. The molecule has 0 aliphatic carbocycles. The van der Waals surface area contributed by atoms with Crippen molar-refractivity contribution in [1.82, 2.24) is 29.9 Å². The van der Waals surface area contributed by atoms with Crippen LogP contribution in [0.15, 0.2) is 189 Å². The van der Waals surface area contributed by atoms with E-state index in [1.807, 2.05) is 104 Å². The fourth-order valence-corrected chi connectivity index (χ4v) is 8.62. The van der Waals surface area contributed by atoms with Gasteiger partial charge in [-0.25, -0.2) is 15.0 Å². The molecular formula is C59H57N9O5. The largest absolute Gasteiger partial charge is 0.490 e. The quantitative estimate of drug-likeness (QED) is 0.115. The third-order valence-electron chi connectivity index (χ3n) is 12.3. The molecule has 4 aliphatic rings. The van der Waals surface area contributed by atoms with Gasteiger partial charge in [0.25, 0.3) is 0 Å². The van der Waals surface area contributed by atoms with E-state index in [9.17, 15) is 0 Å². The number of likely N-dealkylation sites (N-methyl/N-ethyl adjacent to an activating group) is 1. The maximum absolute atomic E-state index is 5.88. The van der Waals surface area contributed by atoms with Gasteiger partial charge in [0.1, 0.15) is 79.6 Å². The molecule has 13 rings (SSSR count). The van der Waals surface area contributed by atoms with Crippen molar-refractivity contribution in [2.24, 2.45) is 0 Å². The molecule has 7 heterocycles. The lowest BCUT2D eigenvalue weighted by molar-refractivity contribution is 0.290. The molecule has 9 aromatic rings. The minimum atomic E-state index is 0.717. The Labute approximate surface area is 425 Å². The highest BCUT2D eigenvalue weighted by molar-refractivity contribution is 5.75. The van der Waals surface area contributed by atoms with Crippen molar-refractivity contribution < 1.29 is 23.7 Å². The Kier molecular flexibility index (Phi) is 15.1. The summed E-state index contributed by atoms with van der Waals surface area (Å²) in [5, 5.41) is 3.35. The van der Waals surface area contributed by atoms with E-state index in [0.717, 1.165) is 142 Å². The van der Waals surface area contributed by atoms with Gasteiger partial charge >= 0.3 is 0 Å². The molecule has 0 saturated carbocycles. The fraction of sp³-hybridized carbons (Fsp3) is 0.169. The molecule has 4 N–H and O–H groups in total. The molecule has 0 saturated heterocycles. The van der Waals surface area contributed by atoms with Crippen LogP contribution in [0.5, 0.6) is 17.2 Å². The van der Waals surface area contributed by atoms with E-state index in [2.05, 4.69) is 129 Å². The van der Waals surface area contributed by atoms with E-state index in [1.165, 1.54) is 30.7 Å². The molecule has 14 nitrogen and oxygen atoms in total. The maximum Gasteiger partial charge on any atom is 0.143 e. The Hall–Kier alpha value is -9.17. The second-order valence-corrected chi connectivity index (χ2v) is 17.3. The predicted molar refractivity (Wildman–Crippen MR) is 290 cm³/mol. The minimum absolute atomic E-state index is 0.717. The Bertz CT molecular complexity index is 3240. The van der Waals surface area contributed by atoms with Crippen molar-refractivity contribution in [2.75, 3.05) is 68.2 Å². The normalized spacial score (nSPS) is 13.6. The highest BCUT2D eigenvalue weighted by Crippen LogP contribution is 2.37. The first-order valence-corrected chi connectivity index (χ1v) is 24.5. The van der Waals surface area contributed by atoms with Crippen molar-refractivity contribution in [2.45, 2.75) is 13.3 Å². The van der Waals surface area contributed by atoms with E-state index >= 15 is 0 Å². The van der Waals surface area contributed by atoms with Gasteiger partial charge in [-0.15, -0.1) is 0 Å². The average molecular weight is 972 g/mol. The van der Waals surface area contributed by atoms with Crippen LogP contribution in [-0.2, 0) is 9.47 Å². The molecule has 0 bridgehead atoms. The molecule has 4 aliphatic heterocycles. The van der Waals surface area contributed by atoms with E-state index in [0.29, 0.717) is 6.61 Å². The van der Waals surface area contributed by atoms with Gasteiger partial charge < -0.3 is 53.8 Å². The molecule has 14 heteroatoms. The molecule has 0 fully saturated rings. The molecule has 6 aromatic carbocycles. The van der Waals surface area contributed by atoms with Gasteiger partial charge in [0, 0.05) is 53.5 Å². The van der Waals surface area contributed by atoms with Crippen LogP contribution in [0.25, 0.3) is 67.9 Å². The SMILES string of the molecule is C1=COC=CO1.CCCN1CCOc2cc(-c3cnc(-c4ccccc4)[nH]3)ccc21.CN1CCOc2ccc(-c3cnc(-c4ccccc4)[nH]3)cc21.c1ccc(-c2ncc(-c3ccc4c(c3)NCCO4)[nH]2)cc1. The number of hydrogen-bond acceptors (Lipinski definition) is 11. The number of rotatable bonds is 8. The predicted octanol–water partition coefficient (Wildman–Crippen LogP) is 12.4. The molecule has 0 unspecified atom stereocenters. The summed E-state index contributed by atoms with van der Waals surface area (Å²) in [6.45, 7) is 8.19. The fourth-order valence-electron chi connectivity index (χ4n) is 8.62. The number of H-pyrrole nitrogens is 3. The molecule has 0 spiro atoms. The van der Waals surface area contributed by atoms with Crippen LogP contribution >= 0.6 is 0 Å². The van der Waals surface area contributed by atoms with Crippen molar-refractivity contribution in [3.63, 3.8) is 0 Å². The second kappa shape index (κ2) is 23.2. The zero-order valence-electron chi connectivity index (χ0n) is 40.8. The zero-order valence-corrected chi connectivity index (χ0v) is 40.8. The summed E-state index contributed by atoms with van der Waals surface area (Å²) in [6, 6.07) is 49.2. The Morgan fingerprint density at radius 3 is 1.49 bits per heavy atom. The van der Waals surface area contributed by atoms with Gasteiger partial charge in [0.05, 0.1) is 65.8 Å². The topological polar surface area (TPSA) is 151 Å². The second-order valence-electron chi connectivity index (χ2n) is 17.3. The number of imidazole rings is 3. The average Bonchev–Trinajstić information content (AvgIpc) is 4.29. The van der Waals surface area contributed by atoms with Crippen LogP contribution in [0, 0.1) is 0 Å². The summed E-state index contributed by atoms with van der Waals surface area (Å²) in [5.74, 6) is 5.47. The summed E-state index contributed by atoms with van der Waals surface area (Å²) in [4.78, 5) is 28.3. The molecule has 0 atom stereocenters. The number of aromatic nitrogens is 6. The zero-order chi connectivity index (χ0) is 49.6. The van der Waals surface area contributed by atoms with Crippen LogP contribution in [-0.4, -0.2) is 83.0 Å². The summed E-state index contributed by atoms with van der Waals surface area (Å²) < 4.78 is 26.3.